The quantitative estimate of drug-likeness (QED) is 0.0716. The lowest BCUT2D eigenvalue weighted by Crippen LogP contribution is -2.44. The first-order valence-corrected chi connectivity index (χ1v) is 44.0. The molecule has 0 radical (unpaired) electrons. The Bertz CT molecular complexity index is 5400. The van der Waals surface area contributed by atoms with Crippen LogP contribution >= 0.6 is 118 Å². The third-order valence-electron chi connectivity index (χ3n) is 26.2. The van der Waals surface area contributed by atoms with Crippen LogP contribution in [-0.2, 0) is 25.7 Å². The van der Waals surface area contributed by atoms with Gasteiger partial charge in [0.05, 0.1) is 65.0 Å². The summed E-state index contributed by atoms with van der Waals surface area (Å²) >= 11 is 55.0. The Balaban J connectivity index is 0.000000121. The Hall–Kier alpha value is -8.56. The second kappa shape index (κ2) is 37.3. The van der Waals surface area contributed by atoms with Gasteiger partial charge in [0.1, 0.15) is 45.4 Å². The molecule has 4 saturated heterocycles. The number of nitrogen functional groups attached to an aromatic ring is 4. The maximum absolute atomic E-state index is 6.69. The predicted octanol–water partition coefficient (Wildman–Crippen LogP) is 20.0. The average Bonchev–Trinajstić information content (AvgIpc) is 1.61. The zero-order valence-electron chi connectivity index (χ0n) is 66.9. The summed E-state index contributed by atoms with van der Waals surface area (Å²) in [6.07, 6.45) is 19.6. The summed E-state index contributed by atoms with van der Waals surface area (Å²) in [5.74, 6) is 3.62. The second-order valence-electron chi connectivity index (χ2n) is 32.8. The summed E-state index contributed by atoms with van der Waals surface area (Å²) in [6.45, 7) is 7.55. The van der Waals surface area contributed by atoms with Crippen LogP contribution in [0.5, 0.6) is 0 Å². The van der Waals surface area contributed by atoms with Crippen LogP contribution in [0, 0.1) is 21.7 Å². The summed E-state index contributed by atoms with van der Waals surface area (Å²) in [7, 11) is 0. The van der Waals surface area contributed by atoms with E-state index < -0.39 is 0 Å². The van der Waals surface area contributed by atoms with Crippen LogP contribution in [0.2, 0.25) is 45.3 Å². The number of halogens is 9. The molecule has 17 N–H and O–H groups in total. The van der Waals surface area contributed by atoms with Gasteiger partial charge in [-0.15, -0.1) is 0 Å². The SMILES string of the molecule is NC1c2ccccc2CC12CCNCC2.Nc1nc(Cl)cnc1-c1cccc(Cl)c1Cl.Nc1nc(N2CCC3(CC2)Cc2ccccc2C3N)cnc1-c1cccc(Cl)c1Cl.Nc1nc(N2CCC3(CC2)Cc2ccccc2[C@@H]3N)cnc1-c1cccc(Cl)c1Cl.Nc1nc(N2CCC3(CC2)Cc2ccccc2[C@H]3N)cnc1-c1cccc(Cl)c1Cl.S. The van der Waals surface area contributed by atoms with E-state index in [4.69, 9.17) is 150 Å². The van der Waals surface area contributed by atoms with Crippen LogP contribution < -0.4 is 65.9 Å². The molecule has 8 heterocycles. The zero-order chi connectivity index (χ0) is 84.7. The molecule has 4 spiro atoms. The van der Waals surface area contributed by atoms with Crippen LogP contribution in [-0.4, -0.2) is 92.2 Å². The molecule has 4 aromatic heterocycles. The minimum Gasteiger partial charge on any atom is -0.382 e. The van der Waals surface area contributed by atoms with Crippen molar-refractivity contribution < 1.29 is 0 Å². The molecule has 122 heavy (non-hydrogen) atoms. The topological polar surface area (TPSA) is 333 Å². The fraction of sp³-hybridized carbons (Fsp3) is 0.304. The van der Waals surface area contributed by atoms with Crippen molar-refractivity contribution in [3.63, 3.8) is 0 Å². The van der Waals surface area contributed by atoms with Gasteiger partial charge in [-0.1, -0.05) is 250 Å². The number of rotatable bonds is 7. The van der Waals surface area contributed by atoms with Crippen LogP contribution in [0.3, 0.4) is 0 Å². The molecule has 4 aliphatic carbocycles. The first-order chi connectivity index (χ1) is 58.4. The molecule has 8 aromatic carbocycles. The molecule has 8 aliphatic rings. The van der Waals surface area contributed by atoms with E-state index in [9.17, 15) is 0 Å². The van der Waals surface area contributed by atoms with Crippen molar-refractivity contribution in [1.29, 1.82) is 0 Å². The summed E-state index contributed by atoms with van der Waals surface area (Å²) < 4.78 is 0. The molecule has 30 heteroatoms. The van der Waals surface area contributed by atoms with Crippen molar-refractivity contribution in [2.45, 2.75) is 101 Å². The fourth-order valence-corrected chi connectivity index (χ4v) is 21.0. The van der Waals surface area contributed by atoms with Crippen LogP contribution in [0.4, 0.5) is 40.7 Å². The van der Waals surface area contributed by atoms with Crippen molar-refractivity contribution in [1.82, 2.24) is 45.2 Å². The van der Waals surface area contributed by atoms with Crippen molar-refractivity contribution in [2.75, 3.05) is 90.0 Å². The van der Waals surface area contributed by atoms with Gasteiger partial charge in [0.2, 0.25) is 0 Å². The van der Waals surface area contributed by atoms with Gasteiger partial charge in [0, 0.05) is 85.7 Å². The standard InChI is InChI=1S/3C23H23Cl2N5.C13H18N2.C10H6Cl3N3.H2S/c3*24-17-7-3-6-16(19(17)25)20-22(27)29-18(13-28-20)30-10-8-23(9-11-30)12-14-4-1-2-5-15(14)21(23)26;14-12-11-4-2-1-3-10(11)9-13(12)5-7-15-8-6-13;11-6-3-1-2-5(8(6)13)9-10(14)16-7(12)4-15-9;/h3*1-7,13,21H,8-12,26H2,(H2,27,29);1-4,12,15H,5-9,14H2;1-4H,(H2,14,16);1H2/t2*21-;;;;/m10..../s1. The minimum absolute atomic E-state index is 0. The van der Waals surface area contributed by atoms with Gasteiger partial charge >= 0.3 is 0 Å². The highest BCUT2D eigenvalue weighted by atomic mass is 35.5. The molecule has 2 unspecified atom stereocenters. The third-order valence-corrected chi connectivity index (χ3v) is 29.6. The average molecular weight is 1830 g/mol. The number of hydrogen-bond acceptors (Lipinski definition) is 20. The number of piperidine rings is 4. The van der Waals surface area contributed by atoms with E-state index in [0.717, 1.165) is 128 Å². The number of nitrogens with one attached hydrogen (secondary N) is 1. The van der Waals surface area contributed by atoms with Crippen molar-refractivity contribution in [2.24, 2.45) is 44.6 Å². The van der Waals surface area contributed by atoms with E-state index in [1.165, 1.54) is 70.0 Å². The Morgan fingerprint density at radius 1 is 0.295 bits per heavy atom. The van der Waals surface area contributed by atoms with Crippen molar-refractivity contribution in [3.8, 4) is 45.0 Å². The lowest BCUT2D eigenvalue weighted by atomic mass is 9.73. The highest BCUT2D eigenvalue weighted by Crippen LogP contribution is 2.56. The highest BCUT2D eigenvalue weighted by Gasteiger charge is 2.50. The summed E-state index contributed by atoms with van der Waals surface area (Å²) in [5.41, 5.74) is 67.5. The summed E-state index contributed by atoms with van der Waals surface area (Å²) in [6, 6.07) is 56.4. The number of nitrogens with zero attached hydrogens (tertiary/aromatic N) is 11. The van der Waals surface area contributed by atoms with Gasteiger partial charge in [0.15, 0.2) is 23.3 Å². The molecule has 20 nitrogen and oxygen atoms in total. The van der Waals surface area contributed by atoms with Crippen LogP contribution in [0.25, 0.3) is 45.0 Å². The van der Waals surface area contributed by atoms with E-state index in [-0.39, 0.29) is 64.9 Å². The number of nitrogens with two attached hydrogens (primary N) is 8. The molecular formula is C92H95Cl9N20S. The van der Waals surface area contributed by atoms with E-state index >= 15 is 0 Å². The summed E-state index contributed by atoms with van der Waals surface area (Å²) in [4.78, 5) is 42.3. The number of aromatic nitrogens is 8. The minimum atomic E-state index is 0. The number of fused-ring (bicyclic) bond motifs is 4. The lowest BCUT2D eigenvalue weighted by Gasteiger charge is -2.42. The van der Waals surface area contributed by atoms with Gasteiger partial charge in [-0.05, 0) is 181 Å². The molecule has 4 aliphatic heterocycles. The van der Waals surface area contributed by atoms with E-state index in [1.807, 2.05) is 36.4 Å². The largest absolute Gasteiger partial charge is 0.382 e. The van der Waals surface area contributed by atoms with Gasteiger partial charge in [-0.3, -0.25) is 0 Å². The van der Waals surface area contributed by atoms with Crippen molar-refractivity contribution >= 4 is 159 Å². The van der Waals surface area contributed by atoms with Gasteiger partial charge < -0.3 is 65.9 Å². The Morgan fingerprint density at radius 2 is 0.533 bits per heavy atom. The molecule has 0 bridgehead atoms. The van der Waals surface area contributed by atoms with Crippen molar-refractivity contribution in [3.05, 3.63) is 284 Å². The van der Waals surface area contributed by atoms with E-state index in [1.54, 1.807) is 55.0 Å². The monoisotopic (exact) mass is 1830 g/mol. The number of hydrogen-bond donors (Lipinski definition) is 9. The molecule has 632 valence electrons. The zero-order valence-corrected chi connectivity index (χ0v) is 74.7. The lowest BCUT2D eigenvalue weighted by molar-refractivity contribution is 0.174. The maximum atomic E-state index is 6.69. The summed E-state index contributed by atoms with van der Waals surface area (Å²) in [5, 5.41) is 7.20. The van der Waals surface area contributed by atoms with Crippen LogP contribution in [0.15, 0.2) is 195 Å². The highest BCUT2D eigenvalue weighted by molar-refractivity contribution is 7.59. The Morgan fingerprint density at radius 3 is 0.779 bits per heavy atom. The normalized spacial score (nSPS) is 19.4. The Kier molecular flexibility index (Phi) is 27.0. The van der Waals surface area contributed by atoms with E-state index in [2.05, 4.69) is 157 Å². The van der Waals surface area contributed by atoms with E-state index in [0.29, 0.717) is 108 Å². The molecule has 4 atom stereocenters. The van der Waals surface area contributed by atoms with Gasteiger partial charge in [-0.2, -0.15) is 13.5 Å². The third kappa shape index (κ3) is 17.7. The smallest absolute Gasteiger partial charge is 0.152 e. The van der Waals surface area contributed by atoms with Crippen LogP contribution in [0.1, 0.15) is 120 Å². The molecule has 0 saturated carbocycles. The molecule has 4 fully saturated rings. The van der Waals surface area contributed by atoms with Gasteiger partial charge in [-0.25, -0.2) is 39.9 Å². The number of benzene rings is 8. The van der Waals surface area contributed by atoms with Gasteiger partial charge in [0.25, 0.3) is 0 Å². The molecule has 0 amide bonds. The number of anilines is 7. The molecule has 20 rings (SSSR count). The molecule has 12 aromatic rings. The maximum Gasteiger partial charge on any atom is 0.152 e. The Labute approximate surface area is 762 Å². The first-order valence-electron chi connectivity index (χ1n) is 40.6. The fourth-order valence-electron chi connectivity index (χ4n) is 19.3. The first kappa shape index (κ1) is 88.3. The predicted molar refractivity (Wildman–Crippen MR) is 507 cm³/mol. The second-order valence-corrected chi connectivity index (χ2v) is 36.3. The molecular weight excluding hydrogens is 1740 g/mol.